The zero-order valence-electron chi connectivity index (χ0n) is 13.7. The first-order valence-corrected chi connectivity index (χ1v) is 7.59. The number of rotatable bonds is 8. The smallest absolute Gasteiger partial charge is 0.328 e. The standard InChI is InChI=1S/C17H25NO4/c1-5-10-22-14-8-6-13(7-9-14)16(19)18-15(11-12(2)3)17(20)21-4/h6-9,12,15H,5,10-11H2,1-4H3,(H,18,19). The third kappa shape index (κ3) is 5.76. The van der Waals surface area contributed by atoms with Crippen molar-refractivity contribution in [2.75, 3.05) is 13.7 Å². The van der Waals surface area contributed by atoms with Crippen molar-refractivity contribution in [1.82, 2.24) is 5.32 Å². The molecular formula is C17H25NO4. The number of nitrogens with one attached hydrogen (secondary N) is 1. The summed E-state index contributed by atoms with van der Waals surface area (Å²) in [7, 11) is 1.32. The Hall–Kier alpha value is -2.04. The lowest BCUT2D eigenvalue weighted by molar-refractivity contribution is -0.143. The van der Waals surface area contributed by atoms with Gasteiger partial charge in [0.05, 0.1) is 13.7 Å². The Morgan fingerprint density at radius 1 is 1.18 bits per heavy atom. The van der Waals surface area contributed by atoms with Crippen LogP contribution in [-0.4, -0.2) is 31.6 Å². The molecule has 22 heavy (non-hydrogen) atoms. The molecule has 1 aromatic rings. The number of carbonyl (C=O) groups excluding carboxylic acids is 2. The Balaban J connectivity index is 2.70. The molecule has 0 aliphatic rings. The van der Waals surface area contributed by atoms with Gasteiger partial charge in [-0.3, -0.25) is 4.79 Å². The van der Waals surface area contributed by atoms with Gasteiger partial charge in [-0.1, -0.05) is 20.8 Å². The van der Waals surface area contributed by atoms with Gasteiger partial charge in [0.2, 0.25) is 0 Å². The van der Waals surface area contributed by atoms with E-state index >= 15 is 0 Å². The highest BCUT2D eigenvalue weighted by atomic mass is 16.5. The van der Waals surface area contributed by atoms with E-state index in [-0.39, 0.29) is 11.8 Å². The third-order valence-electron chi connectivity index (χ3n) is 3.09. The fourth-order valence-corrected chi connectivity index (χ4v) is 1.99. The number of benzene rings is 1. The van der Waals surface area contributed by atoms with Crippen LogP contribution in [0.25, 0.3) is 0 Å². The van der Waals surface area contributed by atoms with Crippen molar-refractivity contribution >= 4 is 11.9 Å². The molecule has 0 fully saturated rings. The maximum Gasteiger partial charge on any atom is 0.328 e. The average Bonchev–Trinajstić information content (AvgIpc) is 2.51. The van der Waals surface area contributed by atoms with E-state index in [2.05, 4.69) is 5.32 Å². The molecule has 0 aliphatic carbocycles. The molecule has 122 valence electrons. The van der Waals surface area contributed by atoms with E-state index in [9.17, 15) is 9.59 Å². The SMILES string of the molecule is CCCOc1ccc(C(=O)NC(CC(C)C)C(=O)OC)cc1. The van der Waals surface area contributed by atoms with E-state index in [0.717, 1.165) is 12.2 Å². The largest absolute Gasteiger partial charge is 0.494 e. The zero-order chi connectivity index (χ0) is 16.5. The van der Waals surface area contributed by atoms with Gasteiger partial charge in [-0.05, 0) is 43.0 Å². The summed E-state index contributed by atoms with van der Waals surface area (Å²) in [6.07, 6.45) is 1.47. The van der Waals surface area contributed by atoms with Crippen LogP contribution in [0, 0.1) is 5.92 Å². The molecule has 1 atom stereocenters. The van der Waals surface area contributed by atoms with Gasteiger partial charge in [0.1, 0.15) is 11.8 Å². The molecule has 1 N–H and O–H groups in total. The second-order valence-electron chi connectivity index (χ2n) is 5.55. The fraction of sp³-hybridized carbons (Fsp3) is 0.529. The molecule has 0 saturated carbocycles. The van der Waals surface area contributed by atoms with Crippen LogP contribution < -0.4 is 10.1 Å². The monoisotopic (exact) mass is 307 g/mol. The van der Waals surface area contributed by atoms with Gasteiger partial charge in [0.25, 0.3) is 5.91 Å². The molecular weight excluding hydrogens is 282 g/mol. The molecule has 5 heteroatoms. The normalized spacial score (nSPS) is 11.9. The number of amides is 1. The van der Waals surface area contributed by atoms with Crippen molar-refractivity contribution in [3.05, 3.63) is 29.8 Å². The van der Waals surface area contributed by atoms with Crippen LogP contribution in [0.3, 0.4) is 0 Å². The Kier molecular flexibility index (Phi) is 7.43. The van der Waals surface area contributed by atoms with Gasteiger partial charge in [0, 0.05) is 5.56 Å². The highest BCUT2D eigenvalue weighted by Crippen LogP contribution is 2.13. The molecule has 0 radical (unpaired) electrons. The van der Waals surface area contributed by atoms with E-state index in [4.69, 9.17) is 9.47 Å². The van der Waals surface area contributed by atoms with Gasteiger partial charge in [0.15, 0.2) is 0 Å². The zero-order valence-corrected chi connectivity index (χ0v) is 13.7. The summed E-state index contributed by atoms with van der Waals surface area (Å²) < 4.78 is 10.2. The molecule has 1 unspecified atom stereocenters. The summed E-state index contributed by atoms with van der Waals surface area (Å²) >= 11 is 0. The maximum absolute atomic E-state index is 12.2. The van der Waals surface area contributed by atoms with Crippen LogP contribution in [0.5, 0.6) is 5.75 Å². The van der Waals surface area contributed by atoms with Crippen LogP contribution in [0.15, 0.2) is 24.3 Å². The second-order valence-corrected chi connectivity index (χ2v) is 5.55. The summed E-state index contributed by atoms with van der Waals surface area (Å²) in [5.74, 6) is 0.280. The molecule has 0 saturated heterocycles. The van der Waals surface area contributed by atoms with Crippen molar-refractivity contribution in [1.29, 1.82) is 0 Å². The minimum atomic E-state index is -0.631. The van der Waals surface area contributed by atoms with Crippen LogP contribution in [0.2, 0.25) is 0 Å². The Morgan fingerprint density at radius 3 is 2.32 bits per heavy atom. The topological polar surface area (TPSA) is 64.6 Å². The van der Waals surface area contributed by atoms with E-state index in [0.29, 0.717) is 18.6 Å². The van der Waals surface area contributed by atoms with Gasteiger partial charge >= 0.3 is 5.97 Å². The lowest BCUT2D eigenvalue weighted by atomic mass is 10.0. The van der Waals surface area contributed by atoms with Crippen molar-refractivity contribution in [3.8, 4) is 5.75 Å². The summed E-state index contributed by atoms with van der Waals surface area (Å²) in [5, 5.41) is 2.72. The molecule has 0 heterocycles. The van der Waals surface area contributed by atoms with E-state index in [1.54, 1.807) is 24.3 Å². The highest BCUT2D eigenvalue weighted by molar-refractivity contribution is 5.96. The predicted octanol–water partition coefficient (Wildman–Crippen LogP) is 2.79. The van der Waals surface area contributed by atoms with Crippen molar-refractivity contribution < 1.29 is 19.1 Å². The van der Waals surface area contributed by atoms with Crippen LogP contribution >= 0.6 is 0 Å². The van der Waals surface area contributed by atoms with E-state index in [1.807, 2.05) is 20.8 Å². The number of ether oxygens (including phenoxy) is 2. The first-order chi connectivity index (χ1) is 10.5. The van der Waals surface area contributed by atoms with Crippen molar-refractivity contribution in [2.24, 2.45) is 5.92 Å². The minimum absolute atomic E-state index is 0.272. The first kappa shape index (κ1) is 18.0. The molecule has 0 aliphatic heterocycles. The molecule has 1 rings (SSSR count). The summed E-state index contributed by atoms with van der Waals surface area (Å²) in [5.41, 5.74) is 0.488. The Labute approximate surface area is 132 Å². The molecule has 0 bridgehead atoms. The van der Waals surface area contributed by atoms with Gasteiger partial charge < -0.3 is 14.8 Å². The van der Waals surface area contributed by atoms with Crippen molar-refractivity contribution in [2.45, 2.75) is 39.7 Å². The summed E-state index contributed by atoms with van der Waals surface area (Å²) in [6, 6.07) is 6.24. The summed E-state index contributed by atoms with van der Waals surface area (Å²) in [6.45, 7) is 6.65. The first-order valence-electron chi connectivity index (χ1n) is 7.59. The quantitative estimate of drug-likeness (QED) is 0.750. The summed E-state index contributed by atoms with van der Waals surface area (Å²) in [4.78, 5) is 24.0. The van der Waals surface area contributed by atoms with Gasteiger partial charge in [-0.15, -0.1) is 0 Å². The van der Waals surface area contributed by atoms with Crippen LogP contribution in [-0.2, 0) is 9.53 Å². The third-order valence-corrected chi connectivity index (χ3v) is 3.09. The second kappa shape index (κ2) is 9.07. The minimum Gasteiger partial charge on any atom is -0.494 e. The number of methoxy groups -OCH3 is 1. The Bertz CT molecular complexity index is 482. The number of carbonyl (C=O) groups is 2. The van der Waals surface area contributed by atoms with E-state index in [1.165, 1.54) is 7.11 Å². The number of hydrogen-bond donors (Lipinski definition) is 1. The number of hydrogen-bond acceptors (Lipinski definition) is 4. The Morgan fingerprint density at radius 2 is 1.82 bits per heavy atom. The molecule has 0 spiro atoms. The highest BCUT2D eigenvalue weighted by Gasteiger charge is 2.23. The van der Waals surface area contributed by atoms with Crippen LogP contribution in [0.4, 0.5) is 0 Å². The fourth-order valence-electron chi connectivity index (χ4n) is 1.99. The predicted molar refractivity (Wildman–Crippen MR) is 85.0 cm³/mol. The molecule has 1 amide bonds. The lowest BCUT2D eigenvalue weighted by Gasteiger charge is -2.18. The average molecular weight is 307 g/mol. The molecule has 1 aromatic carbocycles. The molecule has 5 nitrogen and oxygen atoms in total. The van der Waals surface area contributed by atoms with E-state index < -0.39 is 12.0 Å². The lowest BCUT2D eigenvalue weighted by Crippen LogP contribution is -2.42. The number of esters is 1. The molecule has 0 aromatic heterocycles. The van der Waals surface area contributed by atoms with Crippen molar-refractivity contribution in [3.63, 3.8) is 0 Å². The van der Waals surface area contributed by atoms with Crippen LogP contribution in [0.1, 0.15) is 44.0 Å². The van der Waals surface area contributed by atoms with Gasteiger partial charge in [-0.25, -0.2) is 4.79 Å². The maximum atomic E-state index is 12.2. The van der Waals surface area contributed by atoms with Gasteiger partial charge in [-0.2, -0.15) is 0 Å².